The number of rotatable bonds is 4. The molecule has 17 heavy (non-hydrogen) atoms. The minimum absolute atomic E-state index is 0.358. The van der Waals surface area contributed by atoms with E-state index in [1.807, 2.05) is 13.8 Å². The van der Waals surface area contributed by atoms with Crippen LogP contribution in [-0.2, 0) is 14.3 Å². The van der Waals surface area contributed by atoms with Gasteiger partial charge in [-0.2, -0.15) is 0 Å². The number of ether oxygens (including phenoxy) is 1. The Balaban J connectivity index is 0. The summed E-state index contributed by atoms with van der Waals surface area (Å²) in [6.07, 6.45) is 0.758. The first-order chi connectivity index (χ1) is 7.79. The summed E-state index contributed by atoms with van der Waals surface area (Å²) in [6, 6.07) is 0. The van der Waals surface area contributed by atoms with Crippen LogP contribution in [0.5, 0.6) is 0 Å². The maximum Gasteiger partial charge on any atom is 0.406 e. The summed E-state index contributed by atoms with van der Waals surface area (Å²) >= 11 is 0. The highest BCUT2D eigenvalue weighted by Gasteiger charge is 1.98. The summed E-state index contributed by atoms with van der Waals surface area (Å²) in [5, 5.41) is 18.0. The average molecular weight is 247 g/mol. The van der Waals surface area contributed by atoms with Gasteiger partial charge in [-0.25, -0.2) is 14.4 Å². The predicted molar refractivity (Wildman–Crippen MR) is 59.7 cm³/mol. The van der Waals surface area contributed by atoms with Crippen LogP contribution in [0.15, 0.2) is 12.2 Å². The van der Waals surface area contributed by atoms with Gasteiger partial charge in [0.1, 0.15) is 0 Å². The quantitative estimate of drug-likeness (QED) is 0.630. The number of carbonyl (C=O) groups is 3. The van der Waals surface area contributed by atoms with Crippen molar-refractivity contribution in [3.63, 3.8) is 0 Å². The Labute approximate surface area is 99.1 Å². The van der Waals surface area contributed by atoms with Crippen molar-refractivity contribution in [1.82, 2.24) is 5.32 Å². The Kier molecular flexibility index (Phi) is 10.7. The lowest BCUT2D eigenvalue weighted by Crippen LogP contribution is -2.21. The van der Waals surface area contributed by atoms with Crippen LogP contribution in [0.2, 0.25) is 0 Å². The molecule has 0 rings (SSSR count). The van der Waals surface area contributed by atoms with Crippen molar-refractivity contribution in [3.8, 4) is 0 Å². The van der Waals surface area contributed by atoms with Gasteiger partial charge in [0.2, 0.25) is 0 Å². The topological polar surface area (TPSA) is 113 Å². The number of carbonyl (C=O) groups excluding carboxylic acids is 1. The number of hydrogen-bond donors (Lipinski definition) is 3. The molecule has 0 atom stereocenters. The number of alkyl carbamates (subject to hydrolysis) is 1. The Morgan fingerprint density at radius 3 is 1.82 bits per heavy atom. The molecule has 3 N–H and O–H groups in total. The van der Waals surface area contributed by atoms with E-state index >= 15 is 0 Å². The summed E-state index contributed by atoms with van der Waals surface area (Å²) in [6.45, 7) is 4.46. The second-order valence-electron chi connectivity index (χ2n) is 3.25. The number of aliphatic carboxylic acids is 2. The van der Waals surface area contributed by atoms with Crippen molar-refractivity contribution in [2.75, 3.05) is 13.7 Å². The van der Waals surface area contributed by atoms with Gasteiger partial charge in [-0.3, -0.25) is 0 Å². The molecule has 0 saturated heterocycles. The van der Waals surface area contributed by atoms with Crippen LogP contribution < -0.4 is 5.32 Å². The zero-order chi connectivity index (χ0) is 13.8. The average Bonchev–Trinajstić information content (AvgIpc) is 2.23. The van der Waals surface area contributed by atoms with Gasteiger partial charge < -0.3 is 20.3 Å². The van der Waals surface area contributed by atoms with Crippen molar-refractivity contribution in [2.45, 2.75) is 13.8 Å². The molecule has 0 aromatic heterocycles. The molecule has 0 aliphatic heterocycles. The maximum absolute atomic E-state index is 10.4. The molecule has 7 nitrogen and oxygen atoms in total. The van der Waals surface area contributed by atoms with Crippen LogP contribution in [0.3, 0.4) is 0 Å². The fraction of sp³-hybridized carbons (Fsp3) is 0.500. The van der Waals surface area contributed by atoms with Crippen LogP contribution in [0.4, 0.5) is 4.79 Å². The summed E-state index contributed by atoms with van der Waals surface area (Å²) in [7, 11) is 1.54. The molecular weight excluding hydrogens is 230 g/mol. The maximum atomic E-state index is 10.4. The second-order valence-corrected chi connectivity index (χ2v) is 3.25. The van der Waals surface area contributed by atoms with Gasteiger partial charge in [0, 0.05) is 19.2 Å². The fourth-order valence-electron chi connectivity index (χ4n) is 0.457. The molecule has 0 bridgehead atoms. The smallest absolute Gasteiger partial charge is 0.406 e. The highest BCUT2D eigenvalue weighted by Crippen LogP contribution is 1.91. The highest BCUT2D eigenvalue weighted by molar-refractivity contribution is 5.89. The van der Waals surface area contributed by atoms with E-state index < -0.39 is 11.9 Å². The lowest BCUT2D eigenvalue weighted by Gasteiger charge is -2.04. The normalized spacial score (nSPS) is 9.41. The molecule has 0 radical (unpaired) electrons. The van der Waals surface area contributed by atoms with E-state index in [2.05, 4.69) is 5.32 Å². The van der Waals surface area contributed by atoms with E-state index in [-0.39, 0.29) is 6.09 Å². The summed E-state index contributed by atoms with van der Waals surface area (Å²) in [5.74, 6) is -2.11. The minimum Gasteiger partial charge on any atom is -0.478 e. The van der Waals surface area contributed by atoms with Gasteiger partial charge in [-0.05, 0) is 5.92 Å². The molecule has 0 unspecified atom stereocenters. The lowest BCUT2D eigenvalue weighted by atomic mass is 10.2. The summed E-state index contributed by atoms with van der Waals surface area (Å²) in [4.78, 5) is 29.5. The van der Waals surface area contributed by atoms with Crippen LogP contribution in [-0.4, -0.2) is 41.9 Å². The van der Waals surface area contributed by atoms with Crippen LogP contribution in [0, 0.1) is 5.92 Å². The molecule has 1 amide bonds. The molecule has 98 valence electrons. The van der Waals surface area contributed by atoms with Crippen LogP contribution in [0.25, 0.3) is 0 Å². The molecule has 0 aliphatic rings. The molecule has 0 aliphatic carbocycles. The zero-order valence-corrected chi connectivity index (χ0v) is 9.97. The monoisotopic (exact) mass is 247 g/mol. The first-order valence-electron chi connectivity index (χ1n) is 4.78. The summed E-state index contributed by atoms with van der Waals surface area (Å²) < 4.78 is 4.70. The van der Waals surface area contributed by atoms with E-state index in [1.165, 1.54) is 0 Å². The van der Waals surface area contributed by atoms with Gasteiger partial charge in [0.25, 0.3) is 0 Å². The number of carboxylic acids is 2. The molecule has 0 spiro atoms. The third kappa shape index (κ3) is 20.1. The third-order valence-electron chi connectivity index (χ3n) is 1.12. The molecular formula is C10H17NO6. The number of amides is 1. The number of hydrogen-bond acceptors (Lipinski definition) is 4. The number of carboxylic acid groups (broad SMARTS) is 2. The van der Waals surface area contributed by atoms with E-state index in [4.69, 9.17) is 14.9 Å². The standard InChI is InChI=1S/C6H13NO2.C4H4O4/c1-5(2)4-9-6(8)7-3;5-3(6)1-2-4(7)8/h5H,4H2,1-3H3,(H,7,8);1-2H,(H,5,6)(H,7,8). The van der Waals surface area contributed by atoms with Crippen molar-refractivity contribution in [1.29, 1.82) is 0 Å². The van der Waals surface area contributed by atoms with E-state index in [1.54, 1.807) is 7.05 Å². The van der Waals surface area contributed by atoms with E-state index in [0.717, 1.165) is 0 Å². The lowest BCUT2D eigenvalue weighted by molar-refractivity contribution is -0.134. The SMILES string of the molecule is CNC(=O)OCC(C)C.O=C(O)C=CC(=O)O. The van der Waals surface area contributed by atoms with Gasteiger partial charge in [-0.1, -0.05) is 13.8 Å². The Bertz CT molecular complexity index is 269. The van der Waals surface area contributed by atoms with Crippen molar-refractivity contribution in [2.24, 2.45) is 5.92 Å². The first-order valence-corrected chi connectivity index (χ1v) is 4.78. The number of nitrogens with one attached hydrogen (secondary N) is 1. The fourth-order valence-corrected chi connectivity index (χ4v) is 0.457. The first kappa shape index (κ1) is 17.3. The molecule has 0 heterocycles. The van der Waals surface area contributed by atoms with Crippen LogP contribution >= 0.6 is 0 Å². The Morgan fingerprint density at radius 2 is 1.59 bits per heavy atom. The molecule has 7 heteroatoms. The molecule has 0 aromatic rings. The van der Waals surface area contributed by atoms with E-state index in [0.29, 0.717) is 24.7 Å². The minimum atomic E-state index is -1.26. The molecule has 0 fully saturated rings. The van der Waals surface area contributed by atoms with Gasteiger partial charge in [-0.15, -0.1) is 0 Å². The van der Waals surface area contributed by atoms with E-state index in [9.17, 15) is 14.4 Å². The van der Waals surface area contributed by atoms with Gasteiger partial charge >= 0.3 is 18.0 Å². The van der Waals surface area contributed by atoms with Crippen molar-refractivity contribution in [3.05, 3.63) is 12.2 Å². The van der Waals surface area contributed by atoms with Gasteiger partial charge in [0.05, 0.1) is 6.61 Å². The van der Waals surface area contributed by atoms with Crippen molar-refractivity contribution < 1.29 is 29.3 Å². The predicted octanol–water partition coefficient (Wildman–Crippen LogP) is 0.710. The van der Waals surface area contributed by atoms with Gasteiger partial charge in [0.15, 0.2) is 0 Å². The summed E-state index contributed by atoms with van der Waals surface area (Å²) in [5.41, 5.74) is 0. The largest absolute Gasteiger partial charge is 0.478 e. The Hall–Kier alpha value is -2.05. The Morgan fingerprint density at radius 1 is 1.18 bits per heavy atom. The zero-order valence-electron chi connectivity index (χ0n) is 9.97. The van der Waals surface area contributed by atoms with Crippen molar-refractivity contribution >= 4 is 18.0 Å². The second kappa shape index (κ2) is 10.5. The highest BCUT2D eigenvalue weighted by atomic mass is 16.5. The molecule has 0 saturated carbocycles. The molecule has 0 aromatic carbocycles. The third-order valence-corrected chi connectivity index (χ3v) is 1.12. The van der Waals surface area contributed by atoms with Crippen LogP contribution in [0.1, 0.15) is 13.8 Å².